The fraction of sp³-hybridized carbons (Fsp3) is 0.900. The molecule has 0 bridgehead atoms. The minimum Gasteiger partial charge on any atom is -0.460 e. The minimum atomic E-state index is -0.481. The topological polar surface area (TPSA) is 71.1 Å². The number of piperazine rings is 1. The molecule has 0 radical (unpaired) electrons. The van der Waals surface area contributed by atoms with Gasteiger partial charge in [0.05, 0.1) is 5.92 Å². The number of rotatable bonds is 2. The molecule has 7 nitrogen and oxygen atoms in total. The SMILES string of the molecule is C[C@H]1CN(C(=O)OC(C)(C)C)CCN1[C@@H]1CNC[C@@H](C(=O)OC(C)(C)C)C1. The maximum absolute atomic E-state index is 12.4. The van der Waals surface area contributed by atoms with Crippen molar-refractivity contribution in [1.29, 1.82) is 0 Å². The third-order valence-corrected chi connectivity index (χ3v) is 4.87. The molecule has 3 atom stereocenters. The van der Waals surface area contributed by atoms with E-state index in [4.69, 9.17) is 9.47 Å². The Hall–Kier alpha value is -1.34. The van der Waals surface area contributed by atoms with Crippen molar-refractivity contribution >= 4 is 12.1 Å². The van der Waals surface area contributed by atoms with Gasteiger partial charge in [-0.3, -0.25) is 9.69 Å². The first-order valence-electron chi connectivity index (χ1n) is 10.0. The van der Waals surface area contributed by atoms with E-state index in [2.05, 4.69) is 17.1 Å². The molecule has 0 aromatic rings. The van der Waals surface area contributed by atoms with Crippen LogP contribution in [0.5, 0.6) is 0 Å². The van der Waals surface area contributed by atoms with Gasteiger partial charge in [0.15, 0.2) is 0 Å². The molecular formula is C20H37N3O4. The lowest BCUT2D eigenvalue weighted by Crippen LogP contribution is -2.61. The molecule has 0 saturated carbocycles. The molecule has 2 aliphatic rings. The summed E-state index contributed by atoms with van der Waals surface area (Å²) in [4.78, 5) is 29.0. The first-order valence-corrected chi connectivity index (χ1v) is 10.0. The number of amides is 1. The fourth-order valence-corrected chi connectivity index (χ4v) is 3.74. The highest BCUT2D eigenvalue weighted by Gasteiger charge is 2.37. The van der Waals surface area contributed by atoms with Crippen molar-refractivity contribution in [2.45, 2.75) is 78.2 Å². The highest BCUT2D eigenvalue weighted by molar-refractivity contribution is 5.73. The van der Waals surface area contributed by atoms with Gasteiger partial charge in [-0.05, 0) is 54.9 Å². The number of carbonyl (C=O) groups excluding carboxylic acids is 2. The van der Waals surface area contributed by atoms with E-state index >= 15 is 0 Å². The van der Waals surface area contributed by atoms with Gasteiger partial charge in [0.2, 0.25) is 0 Å². The van der Waals surface area contributed by atoms with Crippen molar-refractivity contribution in [3.8, 4) is 0 Å². The zero-order chi connectivity index (χ0) is 20.4. The molecule has 0 unspecified atom stereocenters. The summed E-state index contributed by atoms with van der Waals surface area (Å²) in [6.07, 6.45) is 0.543. The van der Waals surface area contributed by atoms with Gasteiger partial charge < -0.3 is 19.7 Å². The number of nitrogens with zero attached hydrogens (tertiary/aromatic N) is 2. The number of nitrogens with one attached hydrogen (secondary N) is 1. The van der Waals surface area contributed by atoms with Gasteiger partial charge >= 0.3 is 12.1 Å². The van der Waals surface area contributed by atoms with E-state index in [0.29, 0.717) is 19.6 Å². The van der Waals surface area contributed by atoms with Crippen LogP contribution in [0.3, 0.4) is 0 Å². The van der Waals surface area contributed by atoms with E-state index in [1.54, 1.807) is 4.90 Å². The van der Waals surface area contributed by atoms with Crippen LogP contribution < -0.4 is 5.32 Å². The number of hydrogen-bond acceptors (Lipinski definition) is 6. The summed E-state index contributed by atoms with van der Waals surface area (Å²) in [7, 11) is 0. The molecule has 1 amide bonds. The fourth-order valence-electron chi connectivity index (χ4n) is 3.74. The first-order chi connectivity index (χ1) is 12.4. The lowest BCUT2D eigenvalue weighted by atomic mass is 9.93. The van der Waals surface area contributed by atoms with Gasteiger partial charge in [0.25, 0.3) is 0 Å². The van der Waals surface area contributed by atoms with Crippen LogP contribution in [0.4, 0.5) is 4.79 Å². The second-order valence-corrected chi connectivity index (χ2v) is 9.79. The summed E-state index contributed by atoms with van der Waals surface area (Å²) < 4.78 is 11.1. The van der Waals surface area contributed by atoms with Crippen molar-refractivity contribution < 1.29 is 19.1 Å². The highest BCUT2D eigenvalue weighted by atomic mass is 16.6. The van der Waals surface area contributed by atoms with E-state index in [1.165, 1.54) is 0 Å². The molecule has 2 rings (SSSR count). The van der Waals surface area contributed by atoms with Crippen molar-refractivity contribution in [3.05, 3.63) is 0 Å². The second-order valence-electron chi connectivity index (χ2n) is 9.79. The van der Waals surface area contributed by atoms with Crippen molar-refractivity contribution in [2.24, 2.45) is 5.92 Å². The molecule has 2 heterocycles. The second kappa shape index (κ2) is 8.35. The van der Waals surface area contributed by atoms with E-state index in [0.717, 1.165) is 19.5 Å². The smallest absolute Gasteiger partial charge is 0.410 e. The van der Waals surface area contributed by atoms with Gasteiger partial charge in [0, 0.05) is 44.8 Å². The molecule has 0 aromatic heterocycles. The summed E-state index contributed by atoms with van der Waals surface area (Å²) in [6.45, 7) is 17.1. The van der Waals surface area contributed by atoms with Crippen LogP contribution in [0, 0.1) is 5.92 Å². The predicted molar refractivity (Wildman–Crippen MR) is 105 cm³/mol. The molecule has 2 saturated heterocycles. The average Bonchev–Trinajstić information content (AvgIpc) is 2.51. The van der Waals surface area contributed by atoms with Gasteiger partial charge in [-0.25, -0.2) is 4.79 Å². The quantitative estimate of drug-likeness (QED) is 0.738. The summed E-state index contributed by atoms with van der Waals surface area (Å²) in [6, 6.07) is 0.488. The average molecular weight is 384 g/mol. The summed E-state index contributed by atoms with van der Waals surface area (Å²) in [5, 5.41) is 3.39. The summed E-state index contributed by atoms with van der Waals surface area (Å²) in [5.41, 5.74) is -0.943. The number of hydrogen-bond donors (Lipinski definition) is 1. The van der Waals surface area contributed by atoms with E-state index < -0.39 is 11.2 Å². The third kappa shape index (κ3) is 6.64. The molecule has 27 heavy (non-hydrogen) atoms. The van der Waals surface area contributed by atoms with E-state index in [1.807, 2.05) is 41.5 Å². The van der Waals surface area contributed by atoms with Gasteiger partial charge in [-0.2, -0.15) is 0 Å². The summed E-state index contributed by atoms with van der Waals surface area (Å²) in [5.74, 6) is -0.251. The molecule has 156 valence electrons. The Morgan fingerprint density at radius 1 is 0.963 bits per heavy atom. The lowest BCUT2D eigenvalue weighted by Gasteiger charge is -2.46. The van der Waals surface area contributed by atoms with Crippen molar-refractivity contribution in [1.82, 2.24) is 15.1 Å². The Labute approximate surface area is 163 Å². The molecule has 2 aliphatic heterocycles. The van der Waals surface area contributed by atoms with Crippen molar-refractivity contribution in [2.75, 3.05) is 32.7 Å². The van der Waals surface area contributed by atoms with E-state index in [9.17, 15) is 9.59 Å². The van der Waals surface area contributed by atoms with Gasteiger partial charge in [0.1, 0.15) is 11.2 Å². The van der Waals surface area contributed by atoms with Crippen LogP contribution in [0.1, 0.15) is 54.9 Å². The molecule has 7 heteroatoms. The largest absolute Gasteiger partial charge is 0.460 e. The minimum absolute atomic E-state index is 0.125. The van der Waals surface area contributed by atoms with Crippen LogP contribution in [0.15, 0.2) is 0 Å². The Kier molecular flexibility index (Phi) is 6.79. The number of esters is 1. The third-order valence-electron chi connectivity index (χ3n) is 4.87. The zero-order valence-corrected chi connectivity index (χ0v) is 18.0. The number of carbonyl (C=O) groups is 2. The Bertz CT molecular complexity index is 538. The van der Waals surface area contributed by atoms with Crippen LogP contribution >= 0.6 is 0 Å². The molecule has 0 spiro atoms. The van der Waals surface area contributed by atoms with Crippen LogP contribution in [0.25, 0.3) is 0 Å². The Balaban J connectivity index is 1.91. The van der Waals surface area contributed by atoms with Crippen LogP contribution in [0.2, 0.25) is 0 Å². The maximum atomic E-state index is 12.4. The normalized spacial score (nSPS) is 28.0. The molecule has 0 aliphatic carbocycles. The standard InChI is InChI=1S/C20H37N3O4/c1-14-13-22(18(25)27-20(5,6)7)8-9-23(14)16-10-15(11-21-12-16)17(24)26-19(2,3)4/h14-16,21H,8-13H2,1-7H3/t14-,15-,16-/m0/s1. The Morgan fingerprint density at radius 2 is 1.59 bits per heavy atom. The predicted octanol–water partition coefficient (Wildman–Crippen LogP) is 2.25. The maximum Gasteiger partial charge on any atom is 0.410 e. The summed E-state index contributed by atoms with van der Waals surface area (Å²) >= 11 is 0. The number of ether oxygens (including phenoxy) is 2. The Morgan fingerprint density at radius 3 is 2.15 bits per heavy atom. The van der Waals surface area contributed by atoms with Crippen molar-refractivity contribution in [3.63, 3.8) is 0 Å². The van der Waals surface area contributed by atoms with Gasteiger partial charge in [-0.15, -0.1) is 0 Å². The lowest BCUT2D eigenvalue weighted by molar-refractivity contribution is -0.161. The monoisotopic (exact) mass is 383 g/mol. The number of piperidine rings is 1. The van der Waals surface area contributed by atoms with E-state index in [-0.39, 0.29) is 30.1 Å². The highest BCUT2D eigenvalue weighted by Crippen LogP contribution is 2.24. The molecular weight excluding hydrogens is 346 g/mol. The first kappa shape index (κ1) is 22.0. The molecule has 0 aromatic carbocycles. The zero-order valence-electron chi connectivity index (χ0n) is 18.0. The van der Waals surface area contributed by atoms with Gasteiger partial charge in [-0.1, -0.05) is 0 Å². The molecule has 1 N–H and O–H groups in total. The van der Waals surface area contributed by atoms with Crippen LogP contribution in [-0.4, -0.2) is 77.9 Å². The van der Waals surface area contributed by atoms with Crippen LogP contribution in [-0.2, 0) is 14.3 Å². The molecule has 2 fully saturated rings.